The quantitative estimate of drug-likeness (QED) is 0.347. The van der Waals surface area contributed by atoms with Gasteiger partial charge in [0, 0.05) is 0 Å². The zero-order valence-electron chi connectivity index (χ0n) is 16.2. The molecule has 0 unspecified atom stereocenters. The summed E-state index contributed by atoms with van der Waals surface area (Å²) in [5, 5.41) is 0. The summed E-state index contributed by atoms with van der Waals surface area (Å²) in [6.07, 6.45) is 3.48. The number of thiocarbonyl (C=S) groups is 1. The molecule has 29 heavy (non-hydrogen) atoms. The van der Waals surface area contributed by atoms with Crippen molar-refractivity contribution >= 4 is 40.3 Å². The fourth-order valence-corrected chi connectivity index (χ4v) is 4.00. The third-order valence-corrected chi connectivity index (χ3v) is 5.59. The molecule has 1 aliphatic rings. The smallest absolute Gasteiger partial charge is 0.266 e. The first kappa shape index (κ1) is 21.0. The van der Waals surface area contributed by atoms with E-state index in [4.69, 9.17) is 26.4 Å². The maximum absolute atomic E-state index is 12.9. The molecule has 1 amide bonds. The average molecular weight is 428 g/mol. The van der Waals surface area contributed by atoms with E-state index < -0.39 is 0 Å². The molecule has 0 spiro atoms. The molecule has 150 valence electrons. The van der Waals surface area contributed by atoms with Crippen LogP contribution in [0.1, 0.15) is 11.1 Å². The van der Waals surface area contributed by atoms with Crippen LogP contribution >= 0.6 is 24.0 Å². The van der Waals surface area contributed by atoms with Crippen molar-refractivity contribution in [2.45, 2.75) is 6.54 Å². The number of carbonyl (C=O) groups is 1. The van der Waals surface area contributed by atoms with Crippen LogP contribution in [0.3, 0.4) is 0 Å². The third-order valence-electron chi connectivity index (χ3n) is 4.22. The highest BCUT2D eigenvalue weighted by Gasteiger charge is 2.32. The van der Waals surface area contributed by atoms with Crippen molar-refractivity contribution in [1.29, 1.82) is 0 Å². The second-order valence-corrected chi connectivity index (χ2v) is 7.80. The van der Waals surface area contributed by atoms with Gasteiger partial charge in [0.1, 0.15) is 16.7 Å². The summed E-state index contributed by atoms with van der Waals surface area (Å²) in [5.74, 6) is 1.88. The Bertz CT molecular complexity index is 954. The lowest BCUT2D eigenvalue weighted by atomic mass is 10.1. The Labute approximate surface area is 179 Å². The molecule has 1 aliphatic heterocycles. The van der Waals surface area contributed by atoms with Crippen molar-refractivity contribution < 1.29 is 19.0 Å². The van der Waals surface area contributed by atoms with Crippen LogP contribution in [0.2, 0.25) is 0 Å². The van der Waals surface area contributed by atoms with E-state index in [1.165, 1.54) is 11.8 Å². The molecule has 7 heteroatoms. The Hall–Kier alpha value is -2.77. The molecule has 5 nitrogen and oxygen atoms in total. The van der Waals surface area contributed by atoms with E-state index in [0.717, 1.165) is 16.9 Å². The number of hydrogen-bond acceptors (Lipinski definition) is 6. The van der Waals surface area contributed by atoms with E-state index in [9.17, 15) is 4.79 Å². The summed E-state index contributed by atoms with van der Waals surface area (Å²) in [6.45, 7) is 4.45. The van der Waals surface area contributed by atoms with E-state index in [2.05, 4.69) is 6.58 Å². The van der Waals surface area contributed by atoms with E-state index in [-0.39, 0.29) is 5.91 Å². The molecule has 1 saturated heterocycles. The number of methoxy groups -OCH3 is 2. The molecule has 0 atom stereocenters. The van der Waals surface area contributed by atoms with Gasteiger partial charge in [-0.3, -0.25) is 9.69 Å². The Morgan fingerprint density at radius 1 is 1.10 bits per heavy atom. The van der Waals surface area contributed by atoms with Gasteiger partial charge in [-0.15, -0.1) is 0 Å². The fraction of sp³-hybridized carbons (Fsp3) is 0.182. The molecule has 0 saturated carbocycles. The minimum absolute atomic E-state index is 0.109. The zero-order chi connectivity index (χ0) is 20.8. The van der Waals surface area contributed by atoms with Crippen LogP contribution in [0, 0.1) is 0 Å². The van der Waals surface area contributed by atoms with E-state index in [1.807, 2.05) is 48.5 Å². The summed E-state index contributed by atoms with van der Waals surface area (Å²) >= 11 is 6.72. The number of nitrogens with zero attached hydrogens (tertiary/aromatic N) is 1. The third kappa shape index (κ3) is 4.99. The summed E-state index contributed by atoms with van der Waals surface area (Å²) < 4.78 is 16.7. The number of amides is 1. The minimum atomic E-state index is -0.109. The van der Waals surface area contributed by atoms with Crippen LogP contribution in [0.5, 0.6) is 17.2 Å². The second kappa shape index (κ2) is 9.62. The molecule has 0 aromatic heterocycles. The molecule has 2 aromatic rings. The highest BCUT2D eigenvalue weighted by atomic mass is 32.2. The molecule has 0 aliphatic carbocycles. The molecular formula is C22H21NO4S2. The molecule has 3 rings (SSSR count). The van der Waals surface area contributed by atoms with E-state index in [0.29, 0.717) is 33.9 Å². The molecule has 0 radical (unpaired) electrons. The number of benzene rings is 2. The molecular weight excluding hydrogens is 406 g/mol. The first-order valence-electron chi connectivity index (χ1n) is 8.85. The van der Waals surface area contributed by atoms with E-state index >= 15 is 0 Å². The lowest BCUT2D eigenvalue weighted by Crippen LogP contribution is -2.27. The minimum Gasteiger partial charge on any atom is -0.497 e. The van der Waals surface area contributed by atoms with Crippen molar-refractivity contribution in [3.63, 3.8) is 0 Å². The molecule has 2 aromatic carbocycles. The van der Waals surface area contributed by atoms with Gasteiger partial charge in [0.05, 0.1) is 25.7 Å². The average Bonchev–Trinajstić information content (AvgIpc) is 3.00. The number of hydrogen-bond donors (Lipinski definition) is 0. The largest absolute Gasteiger partial charge is 0.497 e. The SMILES string of the molecule is C=CCOc1ccc(/C=C2\SC(=S)N(Cc3ccc(OC)cc3)C2=O)cc1OC. The summed E-state index contributed by atoms with van der Waals surface area (Å²) in [5.41, 5.74) is 1.81. The topological polar surface area (TPSA) is 48.0 Å². The maximum atomic E-state index is 12.9. The van der Waals surface area contributed by atoms with Gasteiger partial charge in [0.2, 0.25) is 0 Å². The van der Waals surface area contributed by atoms with Gasteiger partial charge in [0.15, 0.2) is 11.5 Å². The Balaban J connectivity index is 1.77. The summed E-state index contributed by atoms with van der Waals surface area (Å²) in [7, 11) is 3.20. The maximum Gasteiger partial charge on any atom is 0.266 e. The standard InChI is InChI=1S/C22H21NO4S2/c1-4-11-27-18-10-7-16(12-19(18)26-3)13-20-21(24)23(22(28)29-20)14-15-5-8-17(25-2)9-6-15/h4-10,12-13H,1,11,14H2,2-3H3/b20-13-. The Kier molecular flexibility index (Phi) is 6.95. The van der Waals surface area contributed by atoms with E-state index in [1.54, 1.807) is 25.2 Å². The van der Waals surface area contributed by atoms with Crippen molar-refractivity contribution in [3.05, 3.63) is 71.2 Å². The van der Waals surface area contributed by atoms with Gasteiger partial charge in [0.25, 0.3) is 5.91 Å². The van der Waals surface area contributed by atoms with Gasteiger partial charge in [-0.1, -0.05) is 54.8 Å². The number of rotatable bonds is 8. The van der Waals surface area contributed by atoms with Crippen molar-refractivity contribution in [2.24, 2.45) is 0 Å². The molecule has 1 heterocycles. The summed E-state index contributed by atoms with van der Waals surface area (Å²) in [4.78, 5) is 15.0. The van der Waals surface area contributed by atoms with Crippen molar-refractivity contribution in [3.8, 4) is 17.2 Å². The first-order chi connectivity index (χ1) is 14.0. The second-order valence-electron chi connectivity index (χ2n) is 6.13. The number of ether oxygens (including phenoxy) is 3. The Morgan fingerprint density at radius 2 is 1.86 bits per heavy atom. The van der Waals surface area contributed by atoms with Crippen molar-refractivity contribution in [2.75, 3.05) is 20.8 Å². The van der Waals surface area contributed by atoms with Gasteiger partial charge in [-0.2, -0.15) is 0 Å². The first-order valence-corrected chi connectivity index (χ1v) is 10.1. The number of thioether (sulfide) groups is 1. The van der Waals surface area contributed by atoms with Crippen LogP contribution in [0.25, 0.3) is 6.08 Å². The Morgan fingerprint density at radius 3 is 2.52 bits per heavy atom. The fourth-order valence-electron chi connectivity index (χ4n) is 2.74. The lowest BCUT2D eigenvalue weighted by molar-refractivity contribution is -0.122. The molecule has 0 bridgehead atoms. The van der Waals surface area contributed by atoms with Crippen LogP contribution in [-0.2, 0) is 11.3 Å². The number of carbonyl (C=O) groups excluding carboxylic acids is 1. The normalized spacial score (nSPS) is 15.0. The molecule has 1 fully saturated rings. The van der Waals surface area contributed by atoms with Gasteiger partial charge in [-0.05, 0) is 41.5 Å². The highest BCUT2D eigenvalue weighted by molar-refractivity contribution is 8.26. The van der Waals surface area contributed by atoms with Gasteiger partial charge < -0.3 is 14.2 Å². The zero-order valence-corrected chi connectivity index (χ0v) is 17.8. The predicted molar refractivity (Wildman–Crippen MR) is 120 cm³/mol. The summed E-state index contributed by atoms with van der Waals surface area (Å²) in [6, 6.07) is 13.1. The van der Waals surface area contributed by atoms with Crippen molar-refractivity contribution in [1.82, 2.24) is 4.90 Å². The van der Waals surface area contributed by atoms with Gasteiger partial charge >= 0.3 is 0 Å². The van der Waals surface area contributed by atoms with Crippen LogP contribution in [0.15, 0.2) is 60.0 Å². The predicted octanol–water partition coefficient (Wildman–Crippen LogP) is 4.67. The van der Waals surface area contributed by atoms with Crippen LogP contribution in [0.4, 0.5) is 0 Å². The van der Waals surface area contributed by atoms with Crippen LogP contribution < -0.4 is 14.2 Å². The molecule has 0 N–H and O–H groups in total. The monoisotopic (exact) mass is 427 g/mol. The highest BCUT2D eigenvalue weighted by Crippen LogP contribution is 2.35. The van der Waals surface area contributed by atoms with Gasteiger partial charge in [-0.25, -0.2) is 0 Å². The van der Waals surface area contributed by atoms with Crippen LogP contribution in [-0.4, -0.2) is 36.0 Å². The lowest BCUT2D eigenvalue weighted by Gasteiger charge is -2.14.